The van der Waals surface area contributed by atoms with Gasteiger partial charge < -0.3 is 49.8 Å². The summed E-state index contributed by atoms with van der Waals surface area (Å²) in [5, 5.41) is 26.7. The summed E-state index contributed by atoms with van der Waals surface area (Å²) in [4.78, 5) is 33.5. The maximum absolute atomic E-state index is 14.1. The fourth-order valence-electron chi connectivity index (χ4n) is 8.50. The normalized spacial score (nSPS) is 42.9. The number of aliphatic hydroxyl groups excluding tert-OH is 1. The molecule has 2 bridgehead atoms. The Morgan fingerprint density at radius 2 is 1.88 bits per heavy atom. The number of carbonyl (C=O) groups is 2. The highest BCUT2D eigenvalue weighted by Gasteiger charge is 2.57. The van der Waals surface area contributed by atoms with Crippen LogP contribution in [0.5, 0.6) is 0 Å². The molecule has 0 spiro atoms. The lowest BCUT2D eigenvalue weighted by molar-refractivity contribution is -0.299. The number of nitrogens with zero attached hydrogens (tertiary/aromatic N) is 2. The number of nitrogens with one attached hydrogen (secondary N) is 1. The Labute approximate surface area is 297 Å². The topological polar surface area (TPSA) is 175 Å². The van der Waals surface area contributed by atoms with Crippen molar-refractivity contribution in [3.63, 3.8) is 0 Å². The first-order valence-corrected chi connectivity index (χ1v) is 18.3. The number of pyridine rings is 1. The van der Waals surface area contributed by atoms with E-state index in [2.05, 4.69) is 10.3 Å². The van der Waals surface area contributed by atoms with E-state index in [0.29, 0.717) is 19.3 Å². The molecule has 3 fully saturated rings. The third kappa shape index (κ3) is 8.79. The second-order valence-corrected chi connectivity index (χ2v) is 15.7. The summed E-state index contributed by atoms with van der Waals surface area (Å²) in [6.45, 7) is 15.1. The van der Waals surface area contributed by atoms with E-state index in [1.54, 1.807) is 33.2 Å². The molecule has 284 valence electrons. The minimum absolute atomic E-state index is 0.104. The van der Waals surface area contributed by atoms with Crippen molar-refractivity contribution in [2.45, 2.75) is 147 Å². The van der Waals surface area contributed by atoms with Crippen LogP contribution in [-0.2, 0) is 34.9 Å². The summed E-state index contributed by atoms with van der Waals surface area (Å²) in [6.07, 6.45) is -1.10. The number of esters is 1. The highest BCUT2D eigenvalue weighted by atomic mass is 16.7. The molecule has 13 nitrogen and oxygen atoms in total. The molecule has 0 aliphatic carbocycles. The van der Waals surface area contributed by atoms with Gasteiger partial charge in [-0.2, -0.15) is 0 Å². The Bertz CT molecular complexity index is 1270. The molecule has 1 aromatic heterocycles. The van der Waals surface area contributed by atoms with Gasteiger partial charge >= 0.3 is 12.1 Å². The number of alkyl carbamates (subject to hydrolysis) is 1. The van der Waals surface area contributed by atoms with E-state index in [1.165, 1.54) is 0 Å². The van der Waals surface area contributed by atoms with Gasteiger partial charge in [0.25, 0.3) is 0 Å². The van der Waals surface area contributed by atoms with Crippen LogP contribution in [-0.4, -0.2) is 119 Å². The number of likely N-dealkylation sites (N-methyl/N-ethyl adjacent to an activating group) is 1. The van der Waals surface area contributed by atoms with Crippen LogP contribution in [0.3, 0.4) is 0 Å². The SMILES string of the molecule is CC[C@H]1OC(=O)[C@H](C)[C@@H](OC(=O)NCCc2cccnc2)[C@H](C)[C@@H](OC2O[C@H](C)C[C@H](N(C)C)[C@H]2O)[C@](C)(O)C[C@@H](C)[C@@H]2OC1(C)[C@@H](N)[C@H]2C. The molecule has 0 aromatic carbocycles. The first kappa shape index (κ1) is 40.4. The summed E-state index contributed by atoms with van der Waals surface area (Å²) in [5.74, 6) is -2.66. The maximum atomic E-state index is 14.1. The smallest absolute Gasteiger partial charge is 0.407 e. The van der Waals surface area contributed by atoms with Crippen molar-refractivity contribution in [3.05, 3.63) is 30.1 Å². The van der Waals surface area contributed by atoms with Crippen LogP contribution < -0.4 is 11.1 Å². The maximum Gasteiger partial charge on any atom is 0.407 e. The van der Waals surface area contributed by atoms with Gasteiger partial charge in [0.1, 0.15) is 23.9 Å². The van der Waals surface area contributed by atoms with E-state index in [4.69, 9.17) is 29.4 Å². The van der Waals surface area contributed by atoms with Gasteiger partial charge in [0.2, 0.25) is 0 Å². The van der Waals surface area contributed by atoms with Crippen molar-refractivity contribution < 1.29 is 43.5 Å². The fourth-order valence-corrected chi connectivity index (χ4v) is 8.50. The zero-order valence-corrected chi connectivity index (χ0v) is 31.6. The number of rotatable bonds is 8. The molecule has 0 saturated carbocycles. The number of fused-ring (bicyclic) bond motifs is 2. The zero-order valence-electron chi connectivity index (χ0n) is 31.6. The highest BCUT2D eigenvalue weighted by Crippen LogP contribution is 2.45. The van der Waals surface area contributed by atoms with E-state index in [1.807, 2.05) is 65.7 Å². The summed E-state index contributed by atoms with van der Waals surface area (Å²) < 4.78 is 31.8. The Balaban J connectivity index is 1.72. The van der Waals surface area contributed by atoms with E-state index in [0.717, 1.165) is 5.56 Å². The van der Waals surface area contributed by atoms with E-state index in [9.17, 15) is 19.8 Å². The molecular formula is C37H62N4O9. The van der Waals surface area contributed by atoms with Crippen molar-refractivity contribution in [1.82, 2.24) is 15.2 Å². The van der Waals surface area contributed by atoms with Crippen molar-refractivity contribution in [2.75, 3.05) is 20.6 Å². The molecule has 1 amide bonds. The van der Waals surface area contributed by atoms with Gasteiger partial charge in [-0.05, 0) is 85.0 Å². The van der Waals surface area contributed by atoms with Gasteiger partial charge in [0, 0.05) is 42.9 Å². The van der Waals surface area contributed by atoms with Gasteiger partial charge in [0.05, 0.1) is 29.8 Å². The molecule has 15 atom stereocenters. The lowest BCUT2D eigenvalue weighted by atomic mass is 9.75. The minimum atomic E-state index is -1.57. The highest BCUT2D eigenvalue weighted by molar-refractivity contribution is 5.74. The second-order valence-electron chi connectivity index (χ2n) is 15.7. The number of aromatic nitrogens is 1. The van der Waals surface area contributed by atoms with Crippen molar-refractivity contribution in [1.29, 1.82) is 0 Å². The molecule has 2 unspecified atom stereocenters. The summed E-state index contributed by atoms with van der Waals surface area (Å²) in [7, 11) is 3.77. The Hall–Kier alpha value is -2.39. The molecule has 50 heavy (non-hydrogen) atoms. The van der Waals surface area contributed by atoms with E-state index in [-0.39, 0.29) is 43.1 Å². The second kappa shape index (κ2) is 16.5. The average Bonchev–Trinajstić information content (AvgIpc) is 3.30. The molecule has 5 N–H and O–H groups in total. The molecular weight excluding hydrogens is 644 g/mol. The van der Waals surface area contributed by atoms with Crippen LogP contribution in [0.1, 0.15) is 80.2 Å². The summed E-state index contributed by atoms with van der Waals surface area (Å²) in [6, 6.07) is 3.03. The van der Waals surface area contributed by atoms with Crippen molar-refractivity contribution in [3.8, 4) is 0 Å². The number of ether oxygens (including phenoxy) is 5. The number of aliphatic hydroxyl groups is 2. The van der Waals surface area contributed by atoms with E-state index < -0.39 is 71.8 Å². The number of nitrogens with two attached hydrogens (primary N) is 1. The number of hydrogen-bond donors (Lipinski definition) is 4. The Morgan fingerprint density at radius 3 is 2.50 bits per heavy atom. The monoisotopic (exact) mass is 706 g/mol. The quantitative estimate of drug-likeness (QED) is 0.292. The van der Waals surface area contributed by atoms with Crippen LogP contribution >= 0.6 is 0 Å². The fraction of sp³-hybridized carbons (Fsp3) is 0.811. The third-order valence-corrected chi connectivity index (χ3v) is 11.4. The van der Waals surface area contributed by atoms with Gasteiger partial charge in [-0.3, -0.25) is 9.78 Å². The summed E-state index contributed by atoms with van der Waals surface area (Å²) >= 11 is 0. The number of carbonyl (C=O) groups excluding carboxylic acids is 2. The molecule has 3 aliphatic rings. The average molecular weight is 707 g/mol. The van der Waals surface area contributed by atoms with Gasteiger partial charge in [-0.15, -0.1) is 0 Å². The first-order valence-electron chi connectivity index (χ1n) is 18.3. The first-order chi connectivity index (χ1) is 23.4. The molecule has 4 rings (SSSR count). The third-order valence-electron chi connectivity index (χ3n) is 11.4. The number of cyclic esters (lactones) is 1. The standard InChI is InChI=1S/C37H62N4O9/c1-11-27-37(8)31(38)22(4)29(50-37)20(2)18-36(7,45)32(49-34-28(42)26(41(9)10)17-21(3)46-34)23(5)30(24(6)33(43)47-27)48-35(44)40-16-14-25-13-12-15-39-19-25/h12-13,15,19-24,26-32,34,42,45H,11,14,16-18,38H2,1-10H3,(H,40,44)/t20-,21-,22+,23+,24-,26+,27-,28-,29+,30+,31+,32-,34?,36-,37?/m1/s1. The Morgan fingerprint density at radius 1 is 1.18 bits per heavy atom. The molecule has 0 radical (unpaired) electrons. The zero-order chi connectivity index (χ0) is 37.1. The molecule has 4 heterocycles. The van der Waals surface area contributed by atoms with Crippen molar-refractivity contribution >= 4 is 12.1 Å². The molecule has 3 aliphatic heterocycles. The summed E-state index contributed by atoms with van der Waals surface area (Å²) in [5.41, 5.74) is 5.20. The largest absolute Gasteiger partial charge is 0.459 e. The predicted octanol–water partition coefficient (Wildman–Crippen LogP) is 3.04. The lowest BCUT2D eigenvalue weighted by Gasteiger charge is -2.47. The van der Waals surface area contributed by atoms with Crippen LogP contribution in [0.4, 0.5) is 4.79 Å². The van der Waals surface area contributed by atoms with Crippen LogP contribution in [0, 0.1) is 23.7 Å². The number of hydrogen-bond acceptors (Lipinski definition) is 12. The predicted molar refractivity (Wildman–Crippen MR) is 187 cm³/mol. The van der Waals surface area contributed by atoms with Gasteiger partial charge in [-0.1, -0.05) is 33.8 Å². The van der Waals surface area contributed by atoms with Gasteiger partial charge in [0.15, 0.2) is 6.29 Å². The van der Waals surface area contributed by atoms with Crippen LogP contribution in [0.2, 0.25) is 0 Å². The molecule has 1 aromatic rings. The van der Waals surface area contributed by atoms with Gasteiger partial charge in [-0.25, -0.2) is 4.79 Å². The number of amides is 1. The Kier molecular flexibility index (Phi) is 13.3. The van der Waals surface area contributed by atoms with Crippen LogP contribution in [0.25, 0.3) is 0 Å². The lowest BCUT2D eigenvalue weighted by Crippen LogP contribution is -2.59. The molecule has 3 saturated heterocycles. The van der Waals surface area contributed by atoms with Crippen LogP contribution in [0.15, 0.2) is 24.5 Å². The van der Waals surface area contributed by atoms with Crippen molar-refractivity contribution in [2.24, 2.45) is 29.4 Å². The minimum Gasteiger partial charge on any atom is -0.459 e. The van der Waals surface area contributed by atoms with E-state index >= 15 is 0 Å². The molecule has 13 heteroatoms.